The molecule has 0 radical (unpaired) electrons. The lowest BCUT2D eigenvalue weighted by Crippen LogP contribution is -1.97. The molecule has 1 aromatic carbocycles. The van der Waals surface area contributed by atoms with Gasteiger partial charge in [-0.15, -0.1) is 0 Å². The highest BCUT2D eigenvalue weighted by Gasteiger charge is 1.99. The summed E-state index contributed by atoms with van der Waals surface area (Å²) < 4.78 is 10.3. The van der Waals surface area contributed by atoms with Crippen LogP contribution in [0.4, 0.5) is 0 Å². The molecular formula is C13H16O2. The van der Waals surface area contributed by atoms with Crippen LogP contribution in [0.2, 0.25) is 0 Å². The molecule has 0 unspecified atom stereocenters. The fourth-order valence-corrected chi connectivity index (χ4v) is 1.17. The van der Waals surface area contributed by atoms with Crippen molar-refractivity contribution in [3.63, 3.8) is 0 Å². The Morgan fingerprint density at radius 1 is 1.13 bits per heavy atom. The topological polar surface area (TPSA) is 18.5 Å². The molecule has 0 atom stereocenters. The molecule has 0 aliphatic rings. The maximum absolute atomic E-state index is 5.54. The van der Waals surface area contributed by atoms with Gasteiger partial charge in [0.25, 0.3) is 0 Å². The van der Waals surface area contributed by atoms with Crippen LogP contribution in [-0.2, 0) is 4.74 Å². The summed E-state index contributed by atoms with van der Waals surface area (Å²) in [7, 11) is 1.63. The van der Waals surface area contributed by atoms with Crippen molar-refractivity contribution in [3.8, 4) is 17.6 Å². The zero-order valence-corrected chi connectivity index (χ0v) is 9.46. The van der Waals surface area contributed by atoms with Gasteiger partial charge in [0.05, 0.1) is 0 Å². The van der Waals surface area contributed by atoms with E-state index >= 15 is 0 Å². The number of rotatable bonds is 3. The van der Waals surface area contributed by atoms with E-state index in [9.17, 15) is 0 Å². The van der Waals surface area contributed by atoms with E-state index in [0.717, 1.165) is 5.75 Å². The third-order valence-electron chi connectivity index (χ3n) is 2.20. The summed E-state index contributed by atoms with van der Waals surface area (Å²) >= 11 is 0. The molecule has 0 heterocycles. The molecule has 80 valence electrons. The molecule has 1 aromatic rings. The Balaban J connectivity index is 2.52. The van der Waals surface area contributed by atoms with Gasteiger partial charge in [-0.3, -0.25) is 0 Å². The second-order valence-corrected chi connectivity index (χ2v) is 3.27. The van der Waals surface area contributed by atoms with Crippen LogP contribution in [0.15, 0.2) is 18.2 Å². The maximum Gasteiger partial charge on any atom is 0.149 e. The Hall–Kier alpha value is -1.46. The van der Waals surface area contributed by atoms with E-state index in [4.69, 9.17) is 9.47 Å². The molecule has 0 aliphatic carbocycles. The molecule has 0 saturated heterocycles. The van der Waals surface area contributed by atoms with Crippen LogP contribution in [0.1, 0.15) is 11.1 Å². The molecule has 15 heavy (non-hydrogen) atoms. The Bertz CT molecular complexity index is 372. The predicted molar refractivity (Wildman–Crippen MR) is 61.1 cm³/mol. The van der Waals surface area contributed by atoms with Crippen molar-refractivity contribution in [1.82, 2.24) is 0 Å². The maximum atomic E-state index is 5.54. The van der Waals surface area contributed by atoms with Crippen molar-refractivity contribution < 1.29 is 9.47 Å². The molecular weight excluding hydrogens is 188 g/mol. The lowest BCUT2D eigenvalue weighted by molar-refractivity contribution is 0.239. The largest absolute Gasteiger partial charge is 0.481 e. The van der Waals surface area contributed by atoms with Crippen LogP contribution < -0.4 is 4.74 Å². The van der Waals surface area contributed by atoms with Crippen LogP contribution in [0, 0.1) is 25.7 Å². The third-order valence-corrected chi connectivity index (χ3v) is 2.20. The molecule has 0 aliphatic heterocycles. The molecule has 0 saturated carbocycles. The van der Waals surface area contributed by atoms with E-state index in [1.54, 1.807) is 7.11 Å². The number of hydrogen-bond acceptors (Lipinski definition) is 2. The summed E-state index contributed by atoms with van der Waals surface area (Å²) in [6, 6.07) is 6.01. The summed E-state index contributed by atoms with van der Waals surface area (Å²) in [6.07, 6.45) is 0. The molecule has 2 heteroatoms. The van der Waals surface area contributed by atoms with Gasteiger partial charge in [0.2, 0.25) is 0 Å². The summed E-state index contributed by atoms with van der Waals surface area (Å²) in [5.41, 5.74) is 2.41. The zero-order valence-electron chi connectivity index (χ0n) is 9.46. The number of hydrogen-bond donors (Lipinski definition) is 0. The molecule has 0 aromatic heterocycles. The van der Waals surface area contributed by atoms with Gasteiger partial charge < -0.3 is 9.47 Å². The lowest BCUT2D eigenvalue weighted by atomic mass is 10.1. The normalized spacial score (nSPS) is 9.27. The Morgan fingerprint density at radius 2 is 1.87 bits per heavy atom. The highest BCUT2D eigenvalue weighted by molar-refractivity contribution is 5.38. The molecule has 0 bridgehead atoms. The van der Waals surface area contributed by atoms with Crippen LogP contribution in [0.3, 0.4) is 0 Å². The van der Waals surface area contributed by atoms with E-state index in [1.165, 1.54) is 11.1 Å². The first-order chi connectivity index (χ1) is 7.25. The smallest absolute Gasteiger partial charge is 0.149 e. The van der Waals surface area contributed by atoms with Crippen molar-refractivity contribution in [2.24, 2.45) is 0 Å². The van der Waals surface area contributed by atoms with Crippen molar-refractivity contribution >= 4 is 0 Å². The first-order valence-corrected chi connectivity index (χ1v) is 4.89. The minimum absolute atomic E-state index is 0.410. The molecule has 0 spiro atoms. The van der Waals surface area contributed by atoms with Crippen LogP contribution >= 0.6 is 0 Å². The Kier molecular flexibility index (Phi) is 4.73. The minimum atomic E-state index is 0.410. The van der Waals surface area contributed by atoms with Crippen molar-refractivity contribution in [3.05, 3.63) is 29.3 Å². The highest BCUT2D eigenvalue weighted by Crippen LogP contribution is 2.19. The monoisotopic (exact) mass is 204 g/mol. The SMILES string of the molecule is COCC#CCOc1cccc(C)c1C. The number of benzene rings is 1. The first kappa shape index (κ1) is 11.6. The van der Waals surface area contributed by atoms with Gasteiger partial charge >= 0.3 is 0 Å². The molecule has 1 rings (SSSR count). The van der Waals surface area contributed by atoms with Crippen LogP contribution in [0.5, 0.6) is 5.75 Å². The van der Waals surface area contributed by atoms with Crippen LogP contribution in [-0.4, -0.2) is 20.3 Å². The summed E-state index contributed by atoms with van der Waals surface area (Å²) in [4.78, 5) is 0. The van der Waals surface area contributed by atoms with Crippen molar-refractivity contribution in [2.45, 2.75) is 13.8 Å². The van der Waals surface area contributed by atoms with Gasteiger partial charge in [0.15, 0.2) is 0 Å². The summed E-state index contributed by atoms with van der Waals surface area (Å²) in [6.45, 7) is 4.98. The summed E-state index contributed by atoms with van der Waals surface area (Å²) in [5, 5.41) is 0. The van der Waals surface area contributed by atoms with Gasteiger partial charge in [-0.2, -0.15) is 0 Å². The van der Waals surface area contributed by atoms with E-state index in [-0.39, 0.29) is 0 Å². The van der Waals surface area contributed by atoms with E-state index in [1.807, 2.05) is 19.1 Å². The fourth-order valence-electron chi connectivity index (χ4n) is 1.17. The summed E-state index contributed by atoms with van der Waals surface area (Å²) in [5.74, 6) is 6.63. The predicted octanol–water partition coefficient (Wildman–Crippen LogP) is 2.33. The number of ether oxygens (including phenoxy) is 2. The first-order valence-electron chi connectivity index (χ1n) is 4.89. The Morgan fingerprint density at radius 3 is 2.60 bits per heavy atom. The second kappa shape index (κ2) is 6.10. The van der Waals surface area contributed by atoms with Gasteiger partial charge in [-0.05, 0) is 31.0 Å². The minimum Gasteiger partial charge on any atom is -0.481 e. The quantitative estimate of drug-likeness (QED) is 0.703. The molecule has 2 nitrogen and oxygen atoms in total. The number of methoxy groups -OCH3 is 1. The van der Waals surface area contributed by atoms with E-state index < -0.39 is 0 Å². The molecule has 0 amide bonds. The van der Waals surface area contributed by atoms with E-state index in [0.29, 0.717) is 13.2 Å². The van der Waals surface area contributed by atoms with Gasteiger partial charge in [-0.1, -0.05) is 24.0 Å². The average molecular weight is 204 g/mol. The lowest BCUT2D eigenvalue weighted by Gasteiger charge is -2.07. The highest BCUT2D eigenvalue weighted by atomic mass is 16.5. The standard InChI is InChI=1S/C13H16O2/c1-11-7-6-8-13(12(11)2)15-10-5-4-9-14-3/h6-8H,9-10H2,1-3H3. The van der Waals surface area contributed by atoms with Gasteiger partial charge in [0, 0.05) is 7.11 Å². The third kappa shape index (κ3) is 3.65. The number of aryl methyl sites for hydroxylation is 1. The Labute approximate surface area is 91.2 Å². The second-order valence-electron chi connectivity index (χ2n) is 3.27. The fraction of sp³-hybridized carbons (Fsp3) is 0.385. The molecule has 0 fully saturated rings. The molecule has 0 N–H and O–H groups in total. The van der Waals surface area contributed by atoms with E-state index in [2.05, 4.69) is 24.8 Å². The van der Waals surface area contributed by atoms with Gasteiger partial charge in [0.1, 0.15) is 19.0 Å². The van der Waals surface area contributed by atoms with Crippen molar-refractivity contribution in [2.75, 3.05) is 20.3 Å². The van der Waals surface area contributed by atoms with Crippen molar-refractivity contribution in [1.29, 1.82) is 0 Å². The zero-order chi connectivity index (χ0) is 11.1. The average Bonchev–Trinajstić information content (AvgIpc) is 2.24. The van der Waals surface area contributed by atoms with Gasteiger partial charge in [-0.25, -0.2) is 0 Å². The van der Waals surface area contributed by atoms with Crippen LogP contribution in [0.25, 0.3) is 0 Å².